The lowest BCUT2D eigenvalue weighted by Gasteiger charge is -2.24. The summed E-state index contributed by atoms with van der Waals surface area (Å²) in [5, 5.41) is 14.0. The number of amides is 1. The SMILES string of the molecule is COc1cc(C(=O)CCC(C)(O)c2ccc(OC)c(-c3ccc(F)c(Cl)c3)n2)ccc1OC1CCCNC1=O. The molecule has 0 radical (unpaired) electrons. The number of hydrogen-bond acceptors (Lipinski definition) is 7. The van der Waals surface area contributed by atoms with Gasteiger partial charge in [-0.05, 0) is 74.7 Å². The molecule has 1 aliphatic rings. The topological polar surface area (TPSA) is 107 Å². The zero-order valence-electron chi connectivity index (χ0n) is 21.9. The molecule has 1 aliphatic heterocycles. The molecular formula is C29H30ClFN2O6. The number of aromatic nitrogens is 1. The summed E-state index contributed by atoms with van der Waals surface area (Å²) in [6, 6.07) is 12.2. The molecule has 1 amide bonds. The molecule has 10 heteroatoms. The number of carbonyl (C=O) groups is 2. The fraction of sp³-hybridized carbons (Fsp3) is 0.345. The zero-order valence-corrected chi connectivity index (χ0v) is 22.7. The number of aliphatic hydroxyl groups is 1. The quantitative estimate of drug-likeness (QED) is 0.335. The highest BCUT2D eigenvalue weighted by molar-refractivity contribution is 6.31. The van der Waals surface area contributed by atoms with Crippen molar-refractivity contribution < 1.29 is 33.3 Å². The monoisotopic (exact) mass is 556 g/mol. The van der Waals surface area contributed by atoms with Crippen LogP contribution < -0.4 is 19.5 Å². The number of methoxy groups -OCH3 is 2. The summed E-state index contributed by atoms with van der Waals surface area (Å²) >= 11 is 5.95. The number of hydrogen-bond donors (Lipinski definition) is 2. The normalized spacial score (nSPS) is 16.7. The summed E-state index contributed by atoms with van der Waals surface area (Å²) in [5.41, 5.74) is 0.149. The summed E-state index contributed by atoms with van der Waals surface area (Å²) in [6.45, 7) is 2.20. The van der Waals surface area contributed by atoms with Gasteiger partial charge in [0.1, 0.15) is 22.9 Å². The number of piperidine rings is 1. The molecular weight excluding hydrogens is 527 g/mol. The Bertz CT molecular complexity index is 1380. The van der Waals surface area contributed by atoms with Gasteiger partial charge in [0.2, 0.25) is 0 Å². The number of carbonyl (C=O) groups excluding carboxylic acids is 2. The first-order valence-corrected chi connectivity index (χ1v) is 12.9. The number of ether oxygens (including phenoxy) is 3. The van der Waals surface area contributed by atoms with Crippen LogP contribution in [0.5, 0.6) is 17.2 Å². The second kappa shape index (κ2) is 12.0. The third-order valence-corrected chi connectivity index (χ3v) is 6.94. The van der Waals surface area contributed by atoms with Crippen molar-refractivity contribution in [3.63, 3.8) is 0 Å². The molecule has 2 N–H and O–H groups in total. The Morgan fingerprint density at radius 1 is 1.13 bits per heavy atom. The van der Waals surface area contributed by atoms with E-state index in [1.807, 2.05) is 0 Å². The number of pyridine rings is 1. The van der Waals surface area contributed by atoms with E-state index in [0.29, 0.717) is 52.7 Å². The highest BCUT2D eigenvalue weighted by atomic mass is 35.5. The maximum Gasteiger partial charge on any atom is 0.261 e. The smallest absolute Gasteiger partial charge is 0.261 e. The number of nitrogens with one attached hydrogen (secondary N) is 1. The van der Waals surface area contributed by atoms with Crippen LogP contribution in [0, 0.1) is 5.82 Å². The molecule has 0 aliphatic carbocycles. The maximum atomic E-state index is 13.7. The molecule has 2 heterocycles. The van der Waals surface area contributed by atoms with Crippen LogP contribution in [-0.4, -0.2) is 48.6 Å². The Morgan fingerprint density at radius 3 is 2.56 bits per heavy atom. The van der Waals surface area contributed by atoms with E-state index < -0.39 is 17.5 Å². The highest BCUT2D eigenvalue weighted by Crippen LogP contribution is 2.35. The van der Waals surface area contributed by atoms with Crippen LogP contribution in [-0.2, 0) is 10.4 Å². The van der Waals surface area contributed by atoms with E-state index in [-0.39, 0.29) is 29.6 Å². The van der Waals surface area contributed by atoms with E-state index in [2.05, 4.69) is 10.3 Å². The van der Waals surface area contributed by atoms with Crippen LogP contribution in [0.3, 0.4) is 0 Å². The van der Waals surface area contributed by atoms with Crippen molar-refractivity contribution >= 4 is 23.3 Å². The van der Waals surface area contributed by atoms with Crippen LogP contribution in [0.25, 0.3) is 11.3 Å². The number of ketones is 1. The number of nitrogens with zero attached hydrogens (tertiary/aromatic N) is 1. The van der Waals surface area contributed by atoms with E-state index >= 15 is 0 Å². The molecule has 4 rings (SSSR count). The first-order valence-electron chi connectivity index (χ1n) is 12.5. The van der Waals surface area contributed by atoms with Crippen LogP contribution >= 0.6 is 11.6 Å². The molecule has 2 atom stereocenters. The maximum absolute atomic E-state index is 13.7. The zero-order chi connectivity index (χ0) is 28.2. The summed E-state index contributed by atoms with van der Waals surface area (Å²) in [5.74, 6) is 0.188. The minimum atomic E-state index is -1.46. The Balaban J connectivity index is 1.49. The number of Topliss-reactive ketones (excluding diaryl/α,β-unsaturated/α-hetero) is 1. The van der Waals surface area contributed by atoms with Gasteiger partial charge in [-0.2, -0.15) is 0 Å². The van der Waals surface area contributed by atoms with Gasteiger partial charge >= 0.3 is 0 Å². The molecule has 2 aromatic carbocycles. The Kier molecular flexibility index (Phi) is 8.72. The average molecular weight is 557 g/mol. The molecule has 2 unspecified atom stereocenters. The summed E-state index contributed by atoms with van der Waals surface area (Å²) in [4.78, 5) is 29.7. The van der Waals surface area contributed by atoms with Gasteiger partial charge in [0, 0.05) is 24.1 Å². The van der Waals surface area contributed by atoms with E-state index in [1.165, 1.54) is 32.4 Å². The van der Waals surface area contributed by atoms with Gasteiger partial charge in [0.05, 0.1) is 24.9 Å². The summed E-state index contributed by atoms with van der Waals surface area (Å²) < 4.78 is 30.3. The van der Waals surface area contributed by atoms with E-state index in [0.717, 1.165) is 6.42 Å². The standard InChI is InChI=1S/C29H30ClFN2O6/c1-29(36,26-11-10-23(37-2)27(33-26)18-6-8-20(31)19(30)15-18)13-12-21(34)17-7-9-22(25(16-17)38-3)39-24-5-4-14-32-28(24)35/h6-11,15-16,24,36H,4-5,12-14H2,1-3H3,(H,32,35). The third-order valence-electron chi connectivity index (χ3n) is 6.65. The van der Waals surface area contributed by atoms with Crippen molar-refractivity contribution in [2.24, 2.45) is 0 Å². The van der Waals surface area contributed by atoms with Crippen LogP contribution in [0.15, 0.2) is 48.5 Å². The summed E-state index contributed by atoms with van der Waals surface area (Å²) in [6.07, 6.45) is 0.902. The molecule has 206 valence electrons. The minimum Gasteiger partial charge on any atom is -0.494 e. The molecule has 1 saturated heterocycles. The van der Waals surface area contributed by atoms with Gasteiger partial charge in [-0.15, -0.1) is 0 Å². The average Bonchev–Trinajstić information content (AvgIpc) is 2.94. The van der Waals surface area contributed by atoms with Crippen LogP contribution in [0.4, 0.5) is 4.39 Å². The fourth-order valence-corrected chi connectivity index (χ4v) is 4.52. The Morgan fingerprint density at radius 2 is 1.87 bits per heavy atom. The van der Waals surface area contributed by atoms with Crippen molar-refractivity contribution in [3.8, 4) is 28.5 Å². The van der Waals surface area contributed by atoms with Crippen LogP contribution in [0.2, 0.25) is 5.02 Å². The molecule has 0 bridgehead atoms. The second-order valence-corrected chi connectivity index (χ2v) is 9.89. The van der Waals surface area contributed by atoms with E-state index in [1.54, 1.807) is 37.3 Å². The van der Waals surface area contributed by atoms with Gasteiger partial charge in [0.15, 0.2) is 23.4 Å². The molecule has 1 aromatic heterocycles. The Labute approximate surface area is 231 Å². The first kappa shape index (κ1) is 28.3. The fourth-order valence-electron chi connectivity index (χ4n) is 4.34. The first-order chi connectivity index (χ1) is 18.6. The molecule has 39 heavy (non-hydrogen) atoms. The number of rotatable bonds is 10. The van der Waals surface area contributed by atoms with Crippen LogP contribution in [0.1, 0.15) is 48.7 Å². The predicted molar refractivity (Wildman–Crippen MR) is 144 cm³/mol. The lowest BCUT2D eigenvalue weighted by atomic mass is 9.92. The molecule has 0 spiro atoms. The Hall–Kier alpha value is -3.69. The van der Waals surface area contributed by atoms with Gasteiger partial charge in [0.25, 0.3) is 5.91 Å². The lowest BCUT2D eigenvalue weighted by molar-refractivity contribution is -0.129. The third kappa shape index (κ3) is 6.49. The van der Waals surface area contributed by atoms with Crippen molar-refractivity contribution in [3.05, 3.63) is 70.6 Å². The summed E-state index contributed by atoms with van der Waals surface area (Å²) in [7, 11) is 2.94. The largest absolute Gasteiger partial charge is 0.494 e. The molecule has 1 fully saturated rings. The van der Waals surface area contributed by atoms with Crippen molar-refractivity contribution in [2.75, 3.05) is 20.8 Å². The molecule has 0 saturated carbocycles. The van der Waals surface area contributed by atoms with Crippen molar-refractivity contribution in [1.82, 2.24) is 10.3 Å². The van der Waals surface area contributed by atoms with Gasteiger partial charge in [-0.25, -0.2) is 9.37 Å². The van der Waals surface area contributed by atoms with Gasteiger partial charge in [-0.3, -0.25) is 9.59 Å². The number of benzene rings is 2. The minimum absolute atomic E-state index is 0.0206. The number of halogens is 2. The van der Waals surface area contributed by atoms with Gasteiger partial charge < -0.3 is 24.6 Å². The molecule has 3 aromatic rings. The van der Waals surface area contributed by atoms with Crippen molar-refractivity contribution in [2.45, 2.75) is 44.3 Å². The van der Waals surface area contributed by atoms with E-state index in [4.69, 9.17) is 25.8 Å². The van der Waals surface area contributed by atoms with Crippen molar-refractivity contribution in [1.29, 1.82) is 0 Å². The van der Waals surface area contributed by atoms with E-state index in [9.17, 15) is 19.1 Å². The second-order valence-electron chi connectivity index (χ2n) is 9.48. The van der Waals surface area contributed by atoms with Gasteiger partial charge in [-0.1, -0.05) is 11.6 Å². The predicted octanol–water partition coefficient (Wildman–Crippen LogP) is 5.09. The lowest BCUT2D eigenvalue weighted by Crippen LogP contribution is -2.43. The highest BCUT2D eigenvalue weighted by Gasteiger charge is 2.28. The molecule has 8 nitrogen and oxygen atoms in total.